The fourth-order valence-electron chi connectivity index (χ4n) is 2.99. The van der Waals surface area contributed by atoms with E-state index in [-0.39, 0.29) is 5.75 Å². The number of fused-ring (bicyclic) bond motifs is 1. The Kier molecular flexibility index (Phi) is 4.94. The summed E-state index contributed by atoms with van der Waals surface area (Å²) in [7, 11) is -7.04. The van der Waals surface area contributed by atoms with Crippen LogP contribution in [0.5, 0.6) is 0 Å². The van der Waals surface area contributed by atoms with E-state index < -0.39 is 25.9 Å². The lowest BCUT2D eigenvalue weighted by molar-refractivity contribution is 0.592. The molecule has 1 aliphatic rings. The molecule has 0 radical (unpaired) electrons. The largest absolute Gasteiger partial charge is 0.283 e. The highest BCUT2D eigenvalue weighted by Gasteiger charge is 2.24. The summed E-state index contributed by atoms with van der Waals surface area (Å²) in [5.41, 5.74) is 2.21. The Balaban J connectivity index is 1.81. The average molecular weight is 398 g/mol. The summed E-state index contributed by atoms with van der Waals surface area (Å²) in [6.45, 7) is 0.418. The summed E-state index contributed by atoms with van der Waals surface area (Å²) in [5.74, 6) is -0.705. The lowest BCUT2D eigenvalue weighted by atomic mass is 10.0. The van der Waals surface area contributed by atoms with Crippen molar-refractivity contribution < 1.29 is 21.2 Å². The number of hydrogen-bond donors (Lipinski definition) is 1. The zero-order valence-corrected chi connectivity index (χ0v) is 15.8. The highest BCUT2D eigenvalue weighted by atomic mass is 32.2. The van der Waals surface area contributed by atoms with Crippen molar-refractivity contribution in [2.75, 3.05) is 21.8 Å². The molecule has 1 heterocycles. The summed E-state index contributed by atoms with van der Waals surface area (Å²) in [4.78, 5) is 0. The molecule has 0 aliphatic carbocycles. The van der Waals surface area contributed by atoms with E-state index in [2.05, 4.69) is 4.72 Å². The second-order valence-electron chi connectivity index (χ2n) is 6.27. The second kappa shape index (κ2) is 6.88. The maximum Gasteiger partial charge on any atom is 0.236 e. The lowest BCUT2D eigenvalue weighted by Crippen LogP contribution is -2.34. The van der Waals surface area contributed by atoms with Gasteiger partial charge in [0.2, 0.25) is 20.0 Å². The average Bonchev–Trinajstić information content (AvgIpc) is 2.54. The molecule has 0 spiro atoms. The predicted molar refractivity (Wildman–Crippen MR) is 99.6 cm³/mol. The van der Waals surface area contributed by atoms with E-state index in [4.69, 9.17) is 0 Å². The molecule has 1 aliphatic heterocycles. The Morgan fingerprint density at radius 1 is 1.08 bits per heavy atom. The van der Waals surface area contributed by atoms with Crippen LogP contribution in [0.4, 0.5) is 15.8 Å². The summed E-state index contributed by atoms with van der Waals surface area (Å²) in [5, 5.41) is 0. The SMILES string of the molecule is CS(=O)(=O)N1CCCc2cc(NS(=O)(=O)Cc3ccc(F)cc3)ccc21. The minimum Gasteiger partial charge on any atom is -0.283 e. The van der Waals surface area contributed by atoms with Crippen molar-refractivity contribution in [3.8, 4) is 0 Å². The molecule has 1 N–H and O–H groups in total. The van der Waals surface area contributed by atoms with Crippen LogP contribution in [-0.2, 0) is 32.2 Å². The first kappa shape index (κ1) is 18.7. The van der Waals surface area contributed by atoms with Crippen molar-refractivity contribution in [3.05, 3.63) is 59.4 Å². The Labute approximate surface area is 152 Å². The highest BCUT2D eigenvalue weighted by Crippen LogP contribution is 2.31. The molecule has 0 aromatic heterocycles. The maximum absolute atomic E-state index is 12.9. The molecular weight excluding hydrogens is 379 g/mol. The molecule has 6 nitrogen and oxygen atoms in total. The van der Waals surface area contributed by atoms with Crippen molar-refractivity contribution in [3.63, 3.8) is 0 Å². The normalized spacial score (nSPS) is 14.8. The molecule has 0 amide bonds. The van der Waals surface area contributed by atoms with Gasteiger partial charge in [-0.15, -0.1) is 0 Å². The number of aryl methyl sites for hydroxylation is 1. The zero-order valence-electron chi connectivity index (χ0n) is 14.1. The van der Waals surface area contributed by atoms with Crippen LogP contribution < -0.4 is 9.03 Å². The minimum atomic E-state index is -3.67. The molecule has 140 valence electrons. The van der Waals surface area contributed by atoms with E-state index >= 15 is 0 Å². The zero-order chi connectivity index (χ0) is 18.9. The molecule has 2 aromatic carbocycles. The van der Waals surface area contributed by atoms with E-state index in [0.29, 0.717) is 36.3 Å². The van der Waals surface area contributed by atoms with Gasteiger partial charge in [-0.25, -0.2) is 21.2 Å². The highest BCUT2D eigenvalue weighted by molar-refractivity contribution is 7.92. The van der Waals surface area contributed by atoms with Crippen LogP contribution in [-0.4, -0.2) is 29.6 Å². The van der Waals surface area contributed by atoms with Crippen LogP contribution in [0.15, 0.2) is 42.5 Å². The van der Waals surface area contributed by atoms with E-state index in [1.165, 1.54) is 28.6 Å². The third-order valence-electron chi connectivity index (χ3n) is 4.10. The molecule has 2 aromatic rings. The molecule has 3 rings (SSSR count). The quantitative estimate of drug-likeness (QED) is 0.839. The van der Waals surface area contributed by atoms with Gasteiger partial charge in [0, 0.05) is 12.2 Å². The molecular formula is C17H19FN2O4S2. The molecule has 26 heavy (non-hydrogen) atoms. The summed E-state index contributed by atoms with van der Waals surface area (Å²) in [6.07, 6.45) is 2.50. The van der Waals surface area contributed by atoms with Gasteiger partial charge in [0.15, 0.2) is 0 Å². The first-order chi connectivity index (χ1) is 12.1. The van der Waals surface area contributed by atoms with E-state index in [1.807, 2.05) is 0 Å². The Bertz CT molecular complexity index is 1020. The standard InChI is InChI=1S/C17H19FN2O4S2/c1-25(21,22)20-10-2-3-14-11-16(8-9-17(14)20)19-26(23,24)12-13-4-6-15(18)7-5-13/h4-9,11,19H,2-3,10,12H2,1H3. The topological polar surface area (TPSA) is 83.6 Å². The molecule has 0 fully saturated rings. The summed E-state index contributed by atoms with van der Waals surface area (Å²) in [6, 6.07) is 10.1. The van der Waals surface area contributed by atoms with Gasteiger partial charge in [0.1, 0.15) is 5.82 Å². The number of halogens is 1. The van der Waals surface area contributed by atoms with Crippen LogP contribution in [0.2, 0.25) is 0 Å². The van der Waals surface area contributed by atoms with E-state index in [9.17, 15) is 21.2 Å². The van der Waals surface area contributed by atoms with Gasteiger partial charge in [-0.2, -0.15) is 0 Å². The van der Waals surface area contributed by atoms with Gasteiger partial charge in [-0.1, -0.05) is 12.1 Å². The van der Waals surface area contributed by atoms with E-state index in [1.54, 1.807) is 18.2 Å². The first-order valence-corrected chi connectivity index (χ1v) is 11.5. The van der Waals surface area contributed by atoms with Gasteiger partial charge in [0.05, 0.1) is 17.7 Å². The number of hydrogen-bond acceptors (Lipinski definition) is 4. The van der Waals surface area contributed by atoms with Crippen LogP contribution in [0, 0.1) is 5.82 Å². The van der Waals surface area contributed by atoms with Gasteiger partial charge < -0.3 is 0 Å². The minimum absolute atomic E-state index is 0.278. The van der Waals surface area contributed by atoms with Crippen molar-refractivity contribution >= 4 is 31.4 Å². The molecule has 0 bridgehead atoms. The van der Waals surface area contributed by atoms with Crippen LogP contribution in [0.25, 0.3) is 0 Å². The van der Waals surface area contributed by atoms with E-state index in [0.717, 1.165) is 11.8 Å². The predicted octanol–water partition coefficient (Wildman–Crippen LogP) is 2.48. The van der Waals surface area contributed by atoms with Gasteiger partial charge in [0.25, 0.3) is 0 Å². The van der Waals surface area contributed by atoms with Gasteiger partial charge in [-0.3, -0.25) is 9.03 Å². The van der Waals surface area contributed by atoms with Crippen molar-refractivity contribution in [1.82, 2.24) is 0 Å². The molecule has 0 saturated carbocycles. The Hall–Kier alpha value is -2.13. The molecule has 9 heteroatoms. The summed E-state index contributed by atoms with van der Waals surface area (Å²) >= 11 is 0. The first-order valence-electron chi connectivity index (χ1n) is 8.00. The van der Waals surface area contributed by atoms with Crippen LogP contribution >= 0.6 is 0 Å². The number of anilines is 2. The summed E-state index contributed by atoms with van der Waals surface area (Å²) < 4.78 is 65.2. The Morgan fingerprint density at radius 2 is 1.77 bits per heavy atom. The van der Waals surface area contributed by atoms with Crippen molar-refractivity contribution in [1.29, 1.82) is 0 Å². The smallest absolute Gasteiger partial charge is 0.236 e. The number of benzene rings is 2. The molecule has 0 saturated heterocycles. The third-order valence-corrected chi connectivity index (χ3v) is 6.54. The molecule has 0 unspecified atom stereocenters. The number of sulfonamides is 2. The van der Waals surface area contributed by atoms with Crippen molar-refractivity contribution in [2.24, 2.45) is 0 Å². The lowest BCUT2D eigenvalue weighted by Gasteiger charge is -2.29. The third kappa shape index (κ3) is 4.34. The Morgan fingerprint density at radius 3 is 2.42 bits per heavy atom. The second-order valence-corrected chi connectivity index (χ2v) is 9.90. The number of nitrogens with one attached hydrogen (secondary N) is 1. The van der Waals surface area contributed by atoms with Gasteiger partial charge in [-0.05, 0) is 54.3 Å². The molecule has 0 atom stereocenters. The van der Waals surface area contributed by atoms with Crippen LogP contribution in [0.1, 0.15) is 17.5 Å². The van der Waals surface area contributed by atoms with Crippen LogP contribution in [0.3, 0.4) is 0 Å². The van der Waals surface area contributed by atoms with Gasteiger partial charge >= 0.3 is 0 Å². The number of rotatable bonds is 5. The fraction of sp³-hybridized carbons (Fsp3) is 0.294. The fourth-order valence-corrected chi connectivity index (χ4v) is 5.17. The van der Waals surface area contributed by atoms with Crippen molar-refractivity contribution in [2.45, 2.75) is 18.6 Å². The number of nitrogens with zero attached hydrogens (tertiary/aromatic N) is 1. The maximum atomic E-state index is 12.9. The monoisotopic (exact) mass is 398 g/mol.